The SMILES string of the molecule is NCCS(=O)(=O)N1CCOCC1. The molecule has 0 amide bonds. The first-order chi connectivity index (χ1) is 5.67. The number of hydrogen-bond donors (Lipinski definition) is 1. The molecule has 1 aliphatic heterocycles. The van der Waals surface area contributed by atoms with Crippen LogP contribution in [-0.4, -0.2) is 51.3 Å². The monoisotopic (exact) mass is 194 g/mol. The molecule has 0 saturated carbocycles. The quantitative estimate of drug-likeness (QED) is 0.600. The molecular formula is C6H14N2O3S. The molecule has 1 rings (SSSR count). The second kappa shape index (κ2) is 4.18. The molecule has 12 heavy (non-hydrogen) atoms. The molecule has 1 fully saturated rings. The van der Waals surface area contributed by atoms with Crippen molar-refractivity contribution in [2.45, 2.75) is 0 Å². The summed E-state index contributed by atoms with van der Waals surface area (Å²) in [5, 5.41) is 0. The topological polar surface area (TPSA) is 72.6 Å². The Bertz CT molecular complexity index is 221. The Hall–Kier alpha value is -0.170. The molecule has 72 valence electrons. The van der Waals surface area contributed by atoms with Crippen molar-refractivity contribution >= 4 is 10.0 Å². The van der Waals surface area contributed by atoms with E-state index in [1.165, 1.54) is 4.31 Å². The third-order valence-corrected chi connectivity index (χ3v) is 3.64. The van der Waals surface area contributed by atoms with E-state index < -0.39 is 10.0 Å². The van der Waals surface area contributed by atoms with Crippen molar-refractivity contribution in [3.63, 3.8) is 0 Å². The predicted octanol–water partition coefficient (Wildman–Crippen LogP) is -1.39. The number of nitrogens with zero attached hydrogens (tertiary/aromatic N) is 1. The van der Waals surface area contributed by atoms with Crippen LogP contribution in [0.3, 0.4) is 0 Å². The first kappa shape index (κ1) is 9.91. The third-order valence-electron chi connectivity index (χ3n) is 1.74. The van der Waals surface area contributed by atoms with E-state index in [4.69, 9.17) is 10.5 Å². The van der Waals surface area contributed by atoms with E-state index >= 15 is 0 Å². The number of morpholine rings is 1. The van der Waals surface area contributed by atoms with Gasteiger partial charge in [-0.15, -0.1) is 0 Å². The summed E-state index contributed by atoms with van der Waals surface area (Å²) in [5.74, 6) is 0.0347. The Morgan fingerprint density at radius 3 is 2.42 bits per heavy atom. The number of ether oxygens (including phenoxy) is 1. The standard InChI is InChI=1S/C6H14N2O3S/c7-1-6-12(9,10)8-2-4-11-5-3-8/h1-7H2. The van der Waals surface area contributed by atoms with Crippen LogP contribution in [0.15, 0.2) is 0 Å². The summed E-state index contributed by atoms with van der Waals surface area (Å²) in [4.78, 5) is 0. The van der Waals surface area contributed by atoms with E-state index in [0.29, 0.717) is 26.3 Å². The molecule has 1 heterocycles. The molecule has 0 atom stereocenters. The van der Waals surface area contributed by atoms with Gasteiger partial charge in [0.15, 0.2) is 0 Å². The van der Waals surface area contributed by atoms with Gasteiger partial charge in [0.05, 0.1) is 19.0 Å². The van der Waals surface area contributed by atoms with Gasteiger partial charge >= 0.3 is 0 Å². The van der Waals surface area contributed by atoms with Crippen molar-refractivity contribution in [1.82, 2.24) is 4.31 Å². The van der Waals surface area contributed by atoms with Crippen LogP contribution in [0.2, 0.25) is 0 Å². The van der Waals surface area contributed by atoms with Gasteiger partial charge in [-0.1, -0.05) is 0 Å². The molecule has 0 unspecified atom stereocenters. The Morgan fingerprint density at radius 1 is 1.33 bits per heavy atom. The summed E-state index contributed by atoms with van der Waals surface area (Å²) in [6.07, 6.45) is 0. The maximum absolute atomic E-state index is 11.4. The highest BCUT2D eigenvalue weighted by Gasteiger charge is 2.22. The number of nitrogens with two attached hydrogens (primary N) is 1. The molecule has 0 bridgehead atoms. The van der Waals surface area contributed by atoms with E-state index in [0.717, 1.165) is 0 Å². The van der Waals surface area contributed by atoms with Crippen LogP contribution >= 0.6 is 0 Å². The first-order valence-corrected chi connectivity index (χ1v) is 5.53. The summed E-state index contributed by atoms with van der Waals surface area (Å²) in [7, 11) is -3.11. The maximum atomic E-state index is 11.4. The Labute approximate surface area is 72.5 Å². The smallest absolute Gasteiger partial charge is 0.215 e. The predicted molar refractivity (Wildman–Crippen MR) is 45.2 cm³/mol. The average molecular weight is 194 g/mol. The van der Waals surface area contributed by atoms with Crippen molar-refractivity contribution in [2.75, 3.05) is 38.6 Å². The van der Waals surface area contributed by atoms with Crippen molar-refractivity contribution in [3.8, 4) is 0 Å². The van der Waals surface area contributed by atoms with Crippen LogP contribution in [-0.2, 0) is 14.8 Å². The van der Waals surface area contributed by atoms with Crippen LogP contribution in [0.4, 0.5) is 0 Å². The van der Waals surface area contributed by atoms with Gasteiger partial charge in [-0.05, 0) is 0 Å². The van der Waals surface area contributed by atoms with E-state index in [2.05, 4.69) is 0 Å². The largest absolute Gasteiger partial charge is 0.379 e. The molecule has 6 heteroatoms. The van der Waals surface area contributed by atoms with E-state index in [1.807, 2.05) is 0 Å². The first-order valence-electron chi connectivity index (χ1n) is 3.92. The maximum Gasteiger partial charge on any atom is 0.215 e. The summed E-state index contributed by atoms with van der Waals surface area (Å²) >= 11 is 0. The summed E-state index contributed by atoms with van der Waals surface area (Å²) in [6.45, 7) is 2.08. The van der Waals surface area contributed by atoms with Crippen LogP contribution < -0.4 is 5.73 Å². The van der Waals surface area contributed by atoms with Crippen molar-refractivity contribution in [3.05, 3.63) is 0 Å². The second-order valence-corrected chi connectivity index (χ2v) is 4.70. The Balaban J connectivity index is 2.54. The van der Waals surface area contributed by atoms with Gasteiger partial charge in [-0.25, -0.2) is 8.42 Å². The lowest BCUT2D eigenvalue weighted by Gasteiger charge is -2.25. The summed E-state index contributed by atoms with van der Waals surface area (Å²) in [5.41, 5.74) is 5.18. The van der Waals surface area contributed by atoms with Crippen LogP contribution in [0, 0.1) is 0 Å². The zero-order valence-electron chi connectivity index (χ0n) is 6.90. The van der Waals surface area contributed by atoms with E-state index in [1.54, 1.807) is 0 Å². The van der Waals surface area contributed by atoms with Gasteiger partial charge in [0.2, 0.25) is 10.0 Å². The van der Waals surface area contributed by atoms with Crippen molar-refractivity contribution in [2.24, 2.45) is 5.73 Å². The molecule has 0 spiro atoms. The summed E-state index contributed by atoms with van der Waals surface area (Å²) < 4.78 is 29.2. The lowest BCUT2D eigenvalue weighted by Crippen LogP contribution is -2.42. The highest BCUT2D eigenvalue weighted by atomic mass is 32.2. The minimum atomic E-state index is -3.11. The van der Waals surface area contributed by atoms with Gasteiger partial charge in [0.1, 0.15) is 0 Å². The fourth-order valence-corrected chi connectivity index (χ4v) is 2.36. The molecule has 1 aliphatic rings. The fourth-order valence-electron chi connectivity index (χ4n) is 1.10. The zero-order valence-corrected chi connectivity index (χ0v) is 7.72. The number of rotatable bonds is 3. The van der Waals surface area contributed by atoms with Gasteiger partial charge in [0.25, 0.3) is 0 Å². The molecule has 1 saturated heterocycles. The molecule has 0 aromatic rings. The second-order valence-electron chi connectivity index (χ2n) is 2.62. The lowest BCUT2D eigenvalue weighted by molar-refractivity contribution is 0.0731. The highest BCUT2D eigenvalue weighted by molar-refractivity contribution is 7.89. The molecule has 5 nitrogen and oxygen atoms in total. The minimum absolute atomic E-state index is 0.0347. The molecular weight excluding hydrogens is 180 g/mol. The van der Waals surface area contributed by atoms with E-state index in [9.17, 15) is 8.42 Å². The van der Waals surface area contributed by atoms with Gasteiger partial charge in [0, 0.05) is 19.6 Å². The zero-order chi connectivity index (χ0) is 9.03. The molecule has 0 aliphatic carbocycles. The van der Waals surface area contributed by atoms with Gasteiger partial charge in [-0.3, -0.25) is 0 Å². The fraction of sp³-hybridized carbons (Fsp3) is 1.00. The minimum Gasteiger partial charge on any atom is -0.379 e. The molecule has 0 aromatic carbocycles. The molecule has 0 radical (unpaired) electrons. The highest BCUT2D eigenvalue weighted by Crippen LogP contribution is 2.04. The van der Waals surface area contributed by atoms with Gasteiger partial charge in [-0.2, -0.15) is 4.31 Å². The summed E-state index contributed by atoms with van der Waals surface area (Å²) in [6, 6.07) is 0. The third kappa shape index (κ3) is 2.41. The van der Waals surface area contributed by atoms with E-state index in [-0.39, 0.29) is 12.3 Å². The van der Waals surface area contributed by atoms with Crippen molar-refractivity contribution in [1.29, 1.82) is 0 Å². The molecule has 0 aromatic heterocycles. The van der Waals surface area contributed by atoms with Gasteiger partial charge < -0.3 is 10.5 Å². The Morgan fingerprint density at radius 2 is 1.92 bits per heavy atom. The number of sulfonamides is 1. The number of hydrogen-bond acceptors (Lipinski definition) is 4. The van der Waals surface area contributed by atoms with Crippen molar-refractivity contribution < 1.29 is 13.2 Å². The van der Waals surface area contributed by atoms with Crippen LogP contribution in [0.1, 0.15) is 0 Å². The lowest BCUT2D eigenvalue weighted by atomic mass is 10.5. The average Bonchev–Trinajstić information content (AvgIpc) is 2.06. The van der Waals surface area contributed by atoms with Crippen LogP contribution in [0.5, 0.6) is 0 Å². The molecule has 2 N–H and O–H groups in total. The normalized spacial score (nSPS) is 21.1. The Kier molecular flexibility index (Phi) is 3.45. The van der Waals surface area contributed by atoms with Crippen LogP contribution in [0.25, 0.3) is 0 Å².